The third-order valence-electron chi connectivity index (χ3n) is 5.13. The molecule has 1 fully saturated rings. The number of hydrogen-bond acceptors (Lipinski definition) is 5. The molecule has 8 heteroatoms. The number of rotatable bonds is 4. The normalized spacial score (nSPS) is 22.4. The number of aryl methyl sites for hydroxylation is 1. The van der Waals surface area contributed by atoms with Crippen molar-refractivity contribution in [1.82, 2.24) is 9.88 Å². The number of carbonyl (C=O) groups excluding carboxylic acids is 1. The van der Waals surface area contributed by atoms with Crippen LogP contribution in [-0.4, -0.2) is 43.9 Å². The minimum atomic E-state index is -1.43. The van der Waals surface area contributed by atoms with Gasteiger partial charge in [-0.1, -0.05) is 0 Å². The van der Waals surface area contributed by atoms with E-state index in [0.717, 1.165) is 22.2 Å². The lowest BCUT2D eigenvalue weighted by atomic mass is 9.95. The van der Waals surface area contributed by atoms with Gasteiger partial charge in [0.2, 0.25) is 0 Å². The molecule has 0 unspecified atom stereocenters. The van der Waals surface area contributed by atoms with Gasteiger partial charge in [-0.05, 0) is 45.7 Å². The molecule has 0 aliphatic carbocycles. The van der Waals surface area contributed by atoms with Crippen molar-refractivity contribution in [3.63, 3.8) is 0 Å². The highest BCUT2D eigenvalue weighted by molar-refractivity contribution is 5.86. The minimum absolute atomic E-state index is 0.0152. The number of ether oxygens (including phenoxy) is 1. The van der Waals surface area contributed by atoms with E-state index in [2.05, 4.69) is 4.98 Å². The number of H-pyrrole nitrogens is 1. The molecule has 1 aromatic heterocycles. The van der Waals surface area contributed by atoms with Crippen molar-refractivity contribution in [3.8, 4) is 0 Å². The van der Waals surface area contributed by atoms with Gasteiger partial charge in [-0.25, -0.2) is 4.79 Å². The number of benzene rings is 1. The van der Waals surface area contributed by atoms with Gasteiger partial charge in [0, 0.05) is 35.3 Å². The molecule has 1 aliphatic rings. The molecule has 0 bridgehead atoms. The maximum Gasteiger partial charge on any atom is 0.412 e. The SMILES string of the molecule is Cc1[nH]c2ccc([N+](=O)[O-])cc2c1CCN1C(=O)OC(C)(C)[C@@]1(C)O. The van der Waals surface area contributed by atoms with Crippen molar-refractivity contribution in [2.45, 2.75) is 45.4 Å². The summed E-state index contributed by atoms with van der Waals surface area (Å²) >= 11 is 0. The number of nitro groups is 1. The lowest BCUT2D eigenvalue weighted by Gasteiger charge is -2.34. The second-order valence-electron chi connectivity index (χ2n) is 7.02. The van der Waals surface area contributed by atoms with E-state index in [4.69, 9.17) is 4.74 Å². The Balaban J connectivity index is 1.91. The highest BCUT2D eigenvalue weighted by atomic mass is 16.6. The molecular formula is C17H21N3O5. The maximum absolute atomic E-state index is 12.1. The summed E-state index contributed by atoms with van der Waals surface area (Å²) in [7, 11) is 0. The fraction of sp³-hybridized carbons (Fsp3) is 0.471. The first kappa shape index (κ1) is 17.2. The number of nitro benzene ring substituents is 1. The van der Waals surface area contributed by atoms with Crippen molar-refractivity contribution in [3.05, 3.63) is 39.6 Å². The molecule has 1 amide bonds. The number of hydrogen-bond donors (Lipinski definition) is 2. The molecule has 25 heavy (non-hydrogen) atoms. The van der Waals surface area contributed by atoms with E-state index >= 15 is 0 Å². The van der Waals surface area contributed by atoms with Crippen molar-refractivity contribution in [2.75, 3.05) is 6.54 Å². The number of non-ortho nitro benzene ring substituents is 1. The monoisotopic (exact) mass is 347 g/mol. The lowest BCUT2D eigenvalue weighted by Crippen LogP contribution is -2.54. The summed E-state index contributed by atoms with van der Waals surface area (Å²) in [5, 5.41) is 22.4. The maximum atomic E-state index is 12.1. The van der Waals surface area contributed by atoms with Crippen molar-refractivity contribution in [2.24, 2.45) is 0 Å². The Kier molecular flexibility index (Phi) is 3.75. The molecule has 8 nitrogen and oxygen atoms in total. The summed E-state index contributed by atoms with van der Waals surface area (Å²) in [6, 6.07) is 4.65. The Morgan fingerprint density at radius 2 is 2.04 bits per heavy atom. The van der Waals surface area contributed by atoms with Gasteiger partial charge in [-0.3, -0.25) is 15.0 Å². The van der Waals surface area contributed by atoms with Crippen LogP contribution in [0.2, 0.25) is 0 Å². The largest absolute Gasteiger partial charge is 0.438 e. The van der Waals surface area contributed by atoms with E-state index in [0.29, 0.717) is 6.42 Å². The molecule has 134 valence electrons. The summed E-state index contributed by atoms with van der Waals surface area (Å²) < 4.78 is 5.25. The van der Waals surface area contributed by atoms with Gasteiger partial charge in [-0.2, -0.15) is 0 Å². The Morgan fingerprint density at radius 3 is 2.60 bits per heavy atom. The van der Waals surface area contributed by atoms with Crippen molar-refractivity contribution < 1.29 is 19.6 Å². The van der Waals surface area contributed by atoms with Crippen LogP contribution in [0, 0.1) is 17.0 Å². The van der Waals surface area contributed by atoms with Crippen LogP contribution >= 0.6 is 0 Å². The number of carbonyl (C=O) groups is 1. The molecule has 1 aliphatic heterocycles. The van der Waals surface area contributed by atoms with E-state index in [-0.39, 0.29) is 12.2 Å². The Morgan fingerprint density at radius 1 is 1.36 bits per heavy atom. The molecule has 0 radical (unpaired) electrons. The Bertz CT molecular complexity index is 869. The van der Waals surface area contributed by atoms with Gasteiger partial charge < -0.3 is 14.8 Å². The predicted octanol–water partition coefficient (Wildman–Crippen LogP) is 2.87. The standard InChI is InChI=1S/C17H21N3O5/c1-10-12(13-9-11(20(23)24)5-6-14(13)18-10)7-8-19-15(21)25-16(2,3)17(19,4)22/h5-6,9,18,22H,7-8H2,1-4H3/t17-/m1/s1. The number of fused-ring (bicyclic) bond motifs is 1. The number of amides is 1. The zero-order valence-electron chi connectivity index (χ0n) is 14.6. The third kappa shape index (κ3) is 2.62. The summed E-state index contributed by atoms with van der Waals surface area (Å²) in [6.45, 7) is 6.98. The van der Waals surface area contributed by atoms with Gasteiger partial charge in [0.25, 0.3) is 5.69 Å². The molecule has 1 saturated heterocycles. The second-order valence-corrected chi connectivity index (χ2v) is 7.02. The number of aliphatic hydroxyl groups is 1. The highest BCUT2D eigenvalue weighted by Gasteiger charge is 2.56. The average Bonchev–Trinajstić information content (AvgIpc) is 2.88. The van der Waals surface area contributed by atoms with Crippen LogP contribution in [-0.2, 0) is 11.2 Å². The van der Waals surface area contributed by atoms with Gasteiger partial charge in [0.05, 0.1) is 4.92 Å². The van der Waals surface area contributed by atoms with Crippen LogP contribution in [0.4, 0.5) is 10.5 Å². The fourth-order valence-corrected chi connectivity index (χ4v) is 3.21. The predicted molar refractivity (Wildman–Crippen MR) is 91.3 cm³/mol. The quantitative estimate of drug-likeness (QED) is 0.653. The zero-order valence-corrected chi connectivity index (χ0v) is 14.6. The van der Waals surface area contributed by atoms with E-state index in [9.17, 15) is 20.0 Å². The van der Waals surface area contributed by atoms with E-state index < -0.39 is 22.3 Å². The number of cyclic esters (lactones) is 1. The summed E-state index contributed by atoms with van der Waals surface area (Å²) in [5.41, 5.74) is 0.124. The first-order chi connectivity index (χ1) is 11.5. The van der Waals surface area contributed by atoms with Crippen LogP contribution in [0.5, 0.6) is 0 Å². The molecule has 3 rings (SSSR count). The number of aromatic nitrogens is 1. The van der Waals surface area contributed by atoms with Gasteiger partial charge in [0.1, 0.15) is 0 Å². The first-order valence-corrected chi connectivity index (χ1v) is 8.03. The lowest BCUT2D eigenvalue weighted by molar-refractivity contribution is -0.384. The molecule has 1 atom stereocenters. The molecule has 0 spiro atoms. The summed E-state index contributed by atoms with van der Waals surface area (Å²) in [5.74, 6) is 0. The van der Waals surface area contributed by atoms with Crippen LogP contribution in [0.1, 0.15) is 32.0 Å². The third-order valence-corrected chi connectivity index (χ3v) is 5.13. The molecule has 1 aromatic carbocycles. The van der Waals surface area contributed by atoms with Crippen molar-refractivity contribution in [1.29, 1.82) is 0 Å². The topological polar surface area (TPSA) is 109 Å². The van der Waals surface area contributed by atoms with E-state index in [1.807, 2.05) is 6.92 Å². The highest BCUT2D eigenvalue weighted by Crippen LogP contribution is 2.37. The van der Waals surface area contributed by atoms with Gasteiger partial charge in [-0.15, -0.1) is 0 Å². The fourth-order valence-electron chi connectivity index (χ4n) is 3.21. The van der Waals surface area contributed by atoms with Crippen LogP contribution in [0.15, 0.2) is 18.2 Å². The smallest absolute Gasteiger partial charge is 0.412 e. The summed E-state index contributed by atoms with van der Waals surface area (Å²) in [6.07, 6.45) is -0.132. The van der Waals surface area contributed by atoms with E-state index in [1.54, 1.807) is 26.8 Å². The van der Waals surface area contributed by atoms with Gasteiger partial charge >= 0.3 is 6.09 Å². The minimum Gasteiger partial charge on any atom is -0.438 e. The molecular weight excluding hydrogens is 326 g/mol. The molecule has 2 aromatic rings. The molecule has 2 heterocycles. The first-order valence-electron chi connectivity index (χ1n) is 8.03. The Hall–Kier alpha value is -2.61. The zero-order chi connectivity index (χ0) is 18.6. The van der Waals surface area contributed by atoms with Gasteiger partial charge in [0.15, 0.2) is 11.3 Å². The molecule has 2 N–H and O–H groups in total. The number of nitrogens with one attached hydrogen (secondary N) is 1. The average molecular weight is 347 g/mol. The Labute approximate surface area is 144 Å². The van der Waals surface area contributed by atoms with Crippen LogP contribution < -0.4 is 0 Å². The van der Waals surface area contributed by atoms with E-state index in [1.165, 1.54) is 17.0 Å². The number of aromatic amines is 1. The van der Waals surface area contributed by atoms with Crippen LogP contribution in [0.25, 0.3) is 10.9 Å². The molecule has 0 saturated carbocycles. The van der Waals surface area contributed by atoms with Crippen molar-refractivity contribution >= 4 is 22.7 Å². The number of nitrogens with zero attached hydrogens (tertiary/aromatic N) is 2. The second kappa shape index (κ2) is 5.45. The van der Waals surface area contributed by atoms with Crippen LogP contribution in [0.3, 0.4) is 0 Å². The summed E-state index contributed by atoms with van der Waals surface area (Å²) in [4.78, 5) is 27.2.